The SMILES string of the molecule is Cc1cnc([C@H](Cc2nnc([C@H]3CCCO3)n2-c2c(F)cncc2F)[C@@H](C)NS(=O)[O-])nc1. The third-order valence-electron chi connectivity index (χ3n) is 5.45. The number of hydrogen-bond acceptors (Lipinski definition) is 8. The maximum Gasteiger partial charge on any atom is 0.168 e. The molecule has 1 unspecified atom stereocenters. The van der Waals surface area contributed by atoms with E-state index < -0.39 is 41.0 Å². The largest absolute Gasteiger partial charge is 0.760 e. The van der Waals surface area contributed by atoms with Crippen molar-refractivity contribution >= 4 is 11.3 Å². The lowest BCUT2D eigenvalue weighted by atomic mass is 9.96. The molecule has 1 fully saturated rings. The van der Waals surface area contributed by atoms with Gasteiger partial charge >= 0.3 is 0 Å². The molecule has 0 saturated carbocycles. The van der Waals surface area contributed by atoms with Crippen LogP contribution in [0.15, 0.2) is 24.8 Å². The molecule has 1 aliphatic heterocycles. The first-order chi connectivity index (χ1) is 15.8. The molecule has 0 radical (unpaired) electrons. The van der Waals surface area contributed by atoms with Crippen LogP contribution in [0, 0.1) is 18.6 Å². The smallest absolute Gasteiger partial charge is 0.168 e. The number of ether oxygens (including phenoxy) is 1. The summed E-state index contributed by atoms with van der Waals surface area (Å²) in [5, 5.41) is 8.39. The van der Waals surface area contributed by atoms with Crippen molar-refractivity contribution in [1.82, 2.24) is 34.4 Å². The Hall–Kier alpha value is -2.74. The summed E-state index contributed by atoms with van der Waals surface area (Å²) in [6, 6.07) is -0.644. The third kappa shape index (κ3) is 5.11. The van der Waals surface area contributed by atoms with Crippen molar-refractivity contribution in [3.63, 3.8) is 0 Å². The van der Waals surface area contributed by atoms with E-state index in [1.807, 2.05) is 6.92 Å². The number of halogens is 2. The molecule has 4 atom stereocenters. The number of nitrogens with zero attached hydrogens (tertiary/aromatic N) is 6. The Kier molecular flexibility index (Phi) is 7.12. The number of aryl methyl sites for hydroxylation is 1. The zero-order valence-electron chi connectivity index (χ0n) is 17.9. The Morgan fingerprint density at radius 1 is 1.24 bits per heavy atom. The Bertz CT molecular complexity index is 1120. The van der Waals surface area contributed by atoms with Crippen LogP contribution in [0.5, 0.6) is 0 Å². The van der Waals surface area contributed by atoms with Crippen molar-refractivity contribution in [2.45, 2.75) is 51.2 Å². The van der Waals surface area contributed by atoms with Crippen LogP contribution in [0.1, 0.15) is 54.8 Å². The highest BCUT2D eigenvalue weighted by Crippen LogP contribution is 2.32. The summed E-state index contributed by atoms with van der Waals surface area (Å²) in [5.74, 6) is -1.53. The first-order valence-corrected chi connectivity index (χ1v) is 11.4. The molecule has 0 aliphatic carbocycles. The van der Waals surface area contributed by atoms with Crippen molar-refractivity contribution in [1.29, 1.82) is 0 Å². The molecule has 0 aromatic carbocycles. The normalized spacial score (nSPS) is 18.9. The Labute approximate surface area is 191 Å². The molecule has 4 heterocycles. The molecule has 0 bridgehead atoms. The molecular weight excluding hydrogens is 456 g/mol. The van der Waals surface area contributed by atoms with Gasteiger partial charge in [0.25, 0.3) is 0 Å². The lowest BCUT2D eigenvalue weighted by Gasteiger charge is -2.25. The first kappa shape index (κ1) is 23.4. The Morgan fingerprint density at radius 2 is 1.94 bits per heavy atom. The van der Waals surface area contributed by atoms with Gasteiger partial charge in [0.05, 0.1) is 12.4 Å². The summed E-state index contributed by atoms with van der Waals surface area (Å²) in [4.78, 5) is 12.2. The molecule has 1 N–H and O–H groups in total. The molecule has 0 amide bonds. The second-order valence-electron chi connectivity index (χ2n) is 7.83. The highest BCUT2D eigenvalue weighted by molar-refractivity contribution is 7.77. The molecular formula is C20H22F2N7O3S-. The number of pyridine rings is 1. The lowest BCUT2D eigenvalue weighted by Crippen LogP contribution is -2.36. The van der Waals surface area contributed by atoms with Crippen LogP contribution in [0.25, 0.3) is 5.69 Å². The molecule has 3 aromatic heterocycles. The first-order valence-electron chi connectivity index (χ1n) is 10.3. The van der Waals surface area contributed by atoms with Crippen LogP contribution in [0.2, 0.25) is 0 Å². The fourth-order valence-corrected chi connectivity index (χ4v) is 4.30. The monoisotopic (exact) mass is 478 g/mol. The fourth-order valence-electron chi connectivity index (χ4n) is 3.83. The Balaban J connectivity index is 1.81. The van der Waals surface area contributed by atoms with E-state index in [-0.39, 0.29) is 23.8 Å². The summed E-state index contributed by atoms with van der Waals surface area (Å²) < 4.78 is 61.5. The van der Waals surface area contributed by atoms with Gasteiger partial charge < -0.3 is 9.29 Å². The number of hydrogen-bond donors (Lipinski definition) is 1. The minimum atomic E-state index is -2.54. The van der Waals surface area contributed by atoms with Crippen molar-refractivity contribution < 1.29 is 22.3 Å². The molecule has 0 spiro atoms. The molecule has 176 valence electrons. The summed E-state index contributed by atoms with van der Waals surface area (Å²) in [6.45, 7) is 3.98. The maximum atomic E-state index is 14.8. The average Bonchev–Trinajstić information content (AvgIpc) is 3.42. The minimum absolute atomic E-state index is 0.0509. The van der Waals surface area contributed by atoms with Gasteiger partial charge in [-0.15, -0.1) is 10.2 Å². The lowest BCUT2D eigenvalue weighted by molar-refractivity contribution is 0.103. The average molecular weight is 479 g/mol. The third-order valence-corrected chi connectivity index (χ3v) is 6.01. The standard InChI is InChI=1S/C20H23F2N7O3S/c1-11-7-24-19(25-8-11)13(12(2)28-33(30)31)6-17-26-27-20(16-4-3-5-32-16)29(17)18-14(21)9-23-10-15(18)22/h7-10,12-13,16,28H,3-6H2,1-2H3,(H,30,31)/p-1/t12-,13-,16-/m1/s1. The molecule has 4 rings (SSSR count). The second kappa shape index (κ2) is 10.0. The minimum Gasteiger partial charge on any atom is -0.760 e. The van der Waals surface area contributed by atoms with Gasteiger partial charge in [0.15, 0.2) is 17.5 Å². The van der Waals surface area contributed by atoms with E-state index in [2.05, 4.69) is 29.9 Å². The highest BCUT2D eigenvalue weighted by atomic mass is 32.2. The topological polar surface area (TPSA) is 131 Å². The highest BCUT2D eigenvalue weighted by Gasteiger charge is 2.32. The van der Waals surface area contributed by atoms with Gasteiger partial charge in [-0.05, 0) is 32.3 Å². The van der Waals surface area contributed by atoms with E-state index in [9.17, 15) is 17.5 Å². The van der Waals surface area contributed by atoms with E-state index in [0.717, 1.165) is 24.4 Å². The van der Waals surface area contributed by atoms with Crippen LogP contribution in [-0.4, -0.2) is 51.1 Å². The summed E-state index contributed by atoms with van der Waals surface area (Å²) in [5.41, 5.74) is 0.461. The summed E-state index contributed by atoms with van der Waals surface area (Å²) in [7, 11) is 0. The molecule has 13 heteroatoms. The quantitative estimate of drug-likeness (QED) is 0.487. The predicted molar refractivity (Wildman–Crippen MR) is 112 cm³/mol. The van der Waals surface area contributed by atoms with E-state index in [0.29, 0.717) is 18.9 Å². The molecule has 33 heavy (non-hydrogen) atoms. The zero-order chi connectivity index (χ0) is 23.5. The summed E-state index contributed by atoms with van der Waals surface area (Å²) in [6.07, 6.45) is 6.03. The van der Waals surface area contributed by atoms with E-state index in [1.54, 1.807) is 19.3 Å². The van der Waals surface area contributed by atoms with Crippen LogP contribution in [0.3, 0.4) is 0 Å². The zero-order valence-corrected chi connectivity index (χ0v) is 18.8. The van der Waals surface area contributed by atoms with Crippen molar-refractivity contribution in [3.05, 3.63) is 59.5 Å². The van der Waals surface area contributed by atoms with E-state index in [4.69, 9.17) is 4.74 Å². The number of rotatable bonds is 8. The van der Waals surface area contributed by atoms with Crippen molar-refractivity contribution in [2.24, 2.45) is 0 Å². The fraction of sp³-hybridized carbons (Fsp3) is 0.450. The molecule has 3 aromatic rings. The number of aromatic nitrogens is 6. The predicted octanol–water partition coefficient (Wildman–Crippen LogP) is 1.99. The van der Waals surface area contributed by atoms with Crippen molar-refractivity contribution in [2.75, 3.05) is 6.61 Å². The van der Waals surface area contributed by atoms with Gasteiger partial charge in [-0.1, -0.05) is 0 Å². The van der Waals surface area contributed by atoms with Crippen LogP contribution in [0.4, 0.5) is 8.78 Å². The molecule has 1 saturated heterocycles. The van der Waals surface area contributed by atoms with Crippen molar-refractivity contribution in [3.8, 4) is 5.69 Å². The van der Waals surface area contributed by atoms with Crippen LogP contribution >= 0.6 is 0 Å². The second-order valence-corrected chi connectivity index (χ2v) is 8.54. The van der Waals surface area contributed by atoms with Gasteiger partial charge in [-0.3, -0.25) is 13.8 Å². The van der Waals surface area contributed by atoms with Crippen LogP contribution < -0.4 is 4.72 Å². The van der Waals surface area contributed by atoms with Crippen LogP contribution in [-0.2, 0) is 22.4 Å². The van der Waals surface area contributed by atoms with Gasteiger partial charge in [-0.2, -0.15) is 0 Å². The van der Waals surface area contributed by atoms with Gasteiger partial charge in [0.1, 0.15) is 23.4 Å². The van der Waals surface area contributed by atoms with Gasteiger partial charge in [0.2, 0.25) is 0 Å². The van der Waals surface area contributed by atoms with Gasteiger partial charge in [-0.25, -0.2) is 23.5 Å². The number of nitrogens with one attached hydrogen (secondary N) is 1. The van der Waals surface area contributed by atoms with E-state index in [1.165, 1.54) is 4.57 Å². The summed E-state index contributed by atoms with van der Waals surface area (Å²) >= 11 is -2.54. The van der Waals surface area contributed by atoms with Gasteiger partial charge in [0, 0.05) is 48.6 Å². The van der Waals surface area contributed by atoms with E-state index >= 15 is 0 Å². The molecule has 10 nitrogen and oxygen atoms in total. The maximum absolute atomic E-state index is 14.8. The molecule has 1 aliphatic rings. The Morgan fingerprint density at radius 3 is 2.55 bits per heavy atom.